The molecule has 7 heteroatoms. The molecule has 0 fully saturated rings. The van der Waals surface area contributed by atoms with Crippen molar-refractivity contribution in [1.82, 2.24) is 20.9 Å². The van der Waals surface area contributed by atoms with Gasteiger partial charge in [0, 0.05) is 38.7 Å². The quantitative estimate of drug-likeness (QED) is 0.650. The molecule has 0 bridgehead atoms. The first-order valence-corrected chi connectivity index (χ1v) is 9.09. The van der Waals surface area contributed by atoms with Crippen LogP contribution in [0, 0.1) is 0 Å². The number of benzene rings is 2. The van der Waals surface area contributed by atoms with Crippen LogP contribution in [0.5, 0.6) is 0 Å². The van der Waals surface area contributed by atoms with Gasteiger partial charge in [-0.25, -0.2) is 4.79 Å². The van der Waals surface area contributed by atoms with Crippen LogP contribution in [0.4, 0.5) is 4.79 Å². The number of carbonyl (C=O) groups is 3. The van der Waals surface area contributed by atoms with Gasteiger partial charge in [0.05, 0.1) is 0 Å². The number of carbonyl (C=O) groups excluding carboxylic acids is 3. The number of imide groups is 1. The van der Waals surface area contributed by atoms with Crippen LogP contribution < -0.4 is 16.0 Å². The SMILES string of the molecule is CNC(=O)c1ccc(CN(C)CCC(=O)NC(=O)NCc2ccccc2)cc1. The van der Waals surface area contributed by atoms with Crippen molar-refractivity contribution in [3.05, 3.63) is 71.3 Å². The molecule has 2 rings (SSSR count). The lowest BCUT2D eigenvalue weighted by atomic mass is 10.1. The summed E-state index contributed by atoms with van der Waals surface area (Å²) < 4.78 is 0. The molecule has 2 aromatic rings. The van der Waals surface area contributed by atoms with Crippen molar-refractivity contribution in [2.75, 3.05) is 20.6 Å². The van der Waals surface area contributed by atoms with E-state index < -0.39 is 6.03 Å². The first kappa shape index (κ1) is 21.1. The zero-order chi connectivity index (χ0) is 20.4. The summed E-state index contributed by atoms with van der Waals surface area (Å²) in [5.74, 6) is -0.450. The molecule has 0 aliphatic heterocycles. The van der Waals surface area contributed by atoms with Gasteiger partial charge in [-0.15, -0.1) is 0 Å². The molecule has 3 N–H and O–H groups in total. The number of hydrogen-bond acceptors (Lipinski definition) is 4. The minimum Gasteiger partial charge on any atom is -0.355 e. The van der Waals surface area contributed by atoms with Crippen molar-refractivity contribution in [2.45, 2.75) is 19.5 Å². The number of amides is 4. The molecule has 4 amide bonds. The standard InChI is InChI=1S/C21H26N4O3/c1-22-20(27)18-10-8-17(9-11-18)15-25(2)13-12-19(26)24-21(28)23-14-16-6-4-3-5-7-16/h3-11H,12-15H2,1-2H3,(H,22,27)(H2,23,24,26,28). The normalized spacial score (nSPS) is 10.4. The summed E-state index contributed by atoms with van der Waals surface area (Å²) in [6, 6.07) is 16.3. The Morgan fingerprint density at radius 3 is 2.25 bits per heavy atom. The van der Waals surface area contributed by atoms with Gasteiger partial charge in [-0.1, -0.05) is 42.5 Å². The number of rotatable bonds is 8. The molecule has 0 heterocycles. The van der Waals surface area contributed by atoms with E-state index in [-0.39, 0.29) is 18.2 Å². The van der Waals surface area contributed by atoms with E-state index in [1.54, 1.807) is 19.2 Å². The molecule has 0 radical (unpaired) electrons. The average Bonchev–Trinajstić information content (AvgIpc) is 2.71. The topological polar surface area (TPSA) is 90.5 Å². The van der Waals surface area contributed by atoms with Crippen molar-refractivity contribution in [3.63, 3.8) is 0 Å². The van der Waals surface area contributed by atoms with Gasteiger partial charge in [-0.3, -0.25) is 14.9 Å². The summed E-state index contributed by atoms with van der Waals surface area (Å²) in [6.45, 7) is 1.52. The smallest absolute Gasteiger partial charge is 0.321 e. The van der Waals surface area contributed by atoms with Crippen LogP contribution in [0.3, 0.4) is 0 Å². The zero-order valence-electron chi connectivity index (χ0n) is 16.2. The summed E-state index contributed by atoms with van der Waals surface area (Å²) >= 11 is 0. The molecule has 7 nitrogen and oxygen atoms in total. The highest BCUT2D eigenvalue weighted by atomic mass is 16.2. The molecule has 0 saturated carbocycles. The number of hydrogen-bond donors (Lipinski definition) is 3. The van der Waals surface area contributed by atoms with Crippen LogP contribution in [0.1, 0.15) is 27.9 Å². The lowest BCUT2D eigenvalue weighted by Crippen LogP contribution is -2.40. The Kier molecular flexibility index (Phi) is 8.17. The minimum absolute atomic E-state index is 0.123. The molecule has 0 aromatic heterocycles. The third-order valence-electron chi connectivity index (χ3n) is 4.17. The second kappa shape index (κ2) is 10.8. The summed E-state index contributed by atoms with van der Waals surface area (Å²) in [7, 11) is 3.49. The highest BCUT2D eigenvalue weighted by Gasteiger charge is 2.10. The van der Waals surface area contributed by atoms with Gasteiger partial charge in [-0.05, 0) is 30.3 Å². The lowest BCUT2D eigenvalue weighted by Gasteiger charge is -2.16. The van der Waals surface area contributed by atoms with Crippen LogP contribution in [-0.2, 0) is 17.9 Å². The van der Waals surface area contributed by atoms with Crippen LogP contribution in [0.25, 0.3) is 0 Å². The van der Waals surface area contributed by atoms with Crippen molar-refractivity contribution in [3.8, 4) is 0 Å². The van der Waals surface area contributed by atoms with E-state index in [9.17, 15) is 14.4 Å². The highest BCUT2D eigenvalue weighted by Crippen LogP contribution is 2.07. The van der Waals surface area contributed by atoms with E-state index in [1.807, 2.05) is 54.4 Å². The van der Waals surface area contributed by atoms with Crippen LogP contribution in [0.15, 0.2) is 54.6 Å². The number of nitrogens with zero attached hydrogens (tertiary/aromatic N) is 1. The van der Waals surface area contributed by atoms with Crippen LogP contribution >= 0.6 is 0 Å². The molecule has 0 aliphatic carbocycles. The summed E-state index contributed by atoms with van der Waals surface area (Å²) in [5.41, 5.74) is 2.61. The second-order valence-corrected chi connectivity index (χ2v) is 6.48. The Hall–Kier alpha value is -3.19. The lowest BCUT2D eigenvalue weighted by molar-refractivity contribution is -0.120. The molecule has 0 atom stereocenters. The fraction of sp³-hybridized carbons (Fsp3) is 0.286. The highest BCUT2D eigenvalue weighted by molar-refractivity contribution is 5.94. The van der Waals surface area contributed by atoms with Crippen LogP contribution in [0.2, 0.25) is 0 Å². The maximum atomic E-state index is 11.9. The first-order chi connectivity index (χ1) is 13.5. The molecule has 0 saturated heterocycles. The monoisotopic (exact) mass is 382 g/mol. The van der Waals surface area contributed by atoms with Gasteiger partial charge in [0.1, 0.15) is 0 Å². The average molecular weight is 382 g/mol. The van der Waals surface area contributed by atoms with Crippen molar-refractivity contribution < 1.29 is 14.4 Å². The van der Waals surface area contributed by atoms with Gasteiger partial charge in [-0.2, -0.15) is 0 Å². The van der Waals surface area contributed by atoms with Gasteiger partial charge >= 0.3 is 6.03 Å². The Balaban J connectivity index is 1.68. The predicted molar refractivity (Wildman–Crippen MR) is 108 cm³/mol. The first-order valence-electron chi connectivity index (χ1n) is 9.09. The fourth-order valence-electron chi connectivity index (χ4n) is 2.60. The van der Waals surface area contributed by atoms with E-state index in [4.69, 9.17) is 0 Å². The molecular weight excluding hydrogens is 356 g/mol. The van der Waals surface area contributed by atoms with E-state index in [2.05, 4.69) is 16.0 Å². The summed E-state index contributed by atoms with van der Waals surface area (Å²) in [6.07, 6.45) is 0.214. The van der Waals surface area contributed by atoms with Gasteiger partial charge in [0.25, 0.3) is 5.91 Å². The van der Waals surface area contributed by atoms with E-state index in [0.717, 1.165) is 11.1 Å². The number of nitrogens with one attached hydrogen (secondary N) is 3. The summed E-state index contributed by atoms with van der Waals surface area (Å²) in [4.78, 5) is 37.2. The predicted octanol–water partition coefficient (Wildman–Crippen LogP) is 1.89. The van der Waals surface area contributed by atoms with E-state index >= 15 is 0 Å². The molecule has 0 spiro atoms. The Bertz CT molecular complexity index is 791. The molecular formula is C21H26N4O3. The molecule has 0 aliphatic rings. The third-order valence-corrected chi connectivity index (χ3v) is 4.17. The fourth-order valence-corrected chi connectivity index (χ4v) is 2.60. The Morgan fingerprint density at radius 1 is 0.929 bits per heavy atom. The van der Waals surface area contributed by atoms with Crippen molar-refractivity contribution in [1.29, 1.82) is 0 Å². The molecule has 148 valence electrons. The van der Waals surface area contributed by atoms with Gasteiger partial charge in [0.15, 0.2) is 0 Å². The number of urea groups is 1. The Labute approximate surface area is 165 Å². The maximum absolute atomic E-state index is 11.9. The molecule has 2 aromatic carbocycles. The van der Waals surface area contributed by atoms with Gasteiger partial charge < -0.3 is 15.5 Å². The molecule has 0 unspecified atom stereocenters. The Morgan fingerprint density at radius 2 is 1.61 bits per heavy atom. The largest absolute Gasteiger partial charge is 0.355 e. The zero-order valence-corrected chi connectivity index (χ0v) is 16.2. The van der Waals surface area contributed by atoms with E-state index in [0.29, 0.717) is 25.2 Å². The van der Waals surface area contributed by atoms with Crippen molar-refractivity contribution >= 4 is 17.8 Å². The third kappa shape index (κ3) is 7.20. The van der Waals surface area contributed by atoms with Crippen molar-refractivity contribution in [2.24, 2.45) is 0 Å². The minimum atomic E-state index is -0.499. The molecule has 28 heavy (non-hydrogen) atoms. The van der Waals surface area contributed by atoms with Gasteiger partial charge in [0.2, 0.25) is 5.91 Å². The maximum Gasteiger partial charge on any atom is 0.321 e. The second-order valence-electron chi connectivity index (χ2n) is 6.48. The summed E-state index contributed by atoms with van der Waals surface area (Å²) in [5, 5.41) is 7.58. The van der Waals surface area contributed by atoms with Crippen LogP contribution in [-0.4, -0.2) is 43.4 Å². The van der Waals surface area contributed by atoms with E-state index in [1.165, 1.54) is 0 Å².